The van der Waals surface area contributed by atoms with Crippen LogP contribution in [0, 0.1) is 5.92 Å². The molecule has 0 amide bonds. The standard InChI is InChI=1S/C17H34N4.HI/c1-15-9-8-12-21(13-15)17(2,3)14-19-16(18)20-10-6-4-5-7-11-20;/h15H,4-14H2,1-3H3,(H2,18,19);1H. The number of likely N-dealkylation sites (tertiary alicyclic amines) is 2. The highest BCUT2D eigenvalue weighted by atomic mass is 127. The van der Waals surface area contributed by atoms with Crippen LogP contribution in [-0.4, -0.2) is 54.0 Å². The highest BCUT2D eigenvalue weighted by Crippen LogP contribution is 2.24. The molecule has 2 saturated heterocycles. The van der Waals surface area contributed by atoms with Crippen LogP contribution >= 0.6 is 24.0 Å². The van der Waals surface area contributed by atoms with E-state index >= 15 is 0 Å². The summed E-state index contributed by atoms with van der Waals surface area (Å²) in [7, 11) is 0. The number of guanidine groups is 1. The monoisotopic (exact) mass is 422 g/mol. The first kappa shape index (κ1) is 20.0. The average Bonchev–Trinajstić information content (AvgIpc) is 2.74. The first-order chi connectivity index (χ1) is 9.99. The Kier molecular flexibility index (Phi) is 8.46. The van der Waals surface area contributed by atoms with Crippen LogP contribution in [0.5, 0.6) is 0 Å². The van der Waals surface area contributed by atoms with E-state index in [1.54, 1.807) is 0 Å². The Hall–Kier alpha value is -0.0400. The molecule has 2 rings (SSSR count). The molecule has 5 heteroatoms. The van der Waals surface area contributed by atoms with Gasteiger partial charge in [0.05, 0.1) is 6.54 Å². The van der Waals surface area contributed by atoms with Gasteiger partial charge in [0.15, 0.2) is 5.96 Å². The summed E-state index contributed by atoms with van der Waals surface area (Å²) in [5, 5.41) is 0. The molecule has 0 radical (unpaired) electrons. The van der Waals surface area contributed by atoms with Gasteiger partial charge in [0, 0.05) is 25.2 Å². The van der Waals surface area contributed by atoms with Crippen molar-refractivity contribution in [3.63, 3.8) is 0 Å². The van der Waals surface area contributed by atoms with Gasteiger partial charge in [-0.1, -0.05) is 19.8 Å². The molecule has 0 aromatic rings. The zero-order valence-electron chi connectivity index (χ0n) is 14.7. The second kappa shape index (κ2) is 9.30. The average molecular weight is 422 g/mol. The van der Waals surface area contributed by atoms with Crippen LogP contribution in [0.3, 0.4) is 0 Å². The molecule has 4 nitrogen and oxygen atoms in total. The lowest BCUT2D eigenvalue weighted by molar-refractivity contribution is 0.0773. The zero-order valence-corrected chi connectivity index (χ0v) is 17.0. The second-order valence-electron chi connectivity index (χ2n) is 7.58. The number of halogens is 1. The fourth-order valence-electron chi connectivity index (χ4n) is 3.51. The van der Waals surface area contributed by atoms with Gasteiger partial charge in [-0.3, -0.25) is 9.89 Å². The van der Waals surface area contributed by atoms with Crippen molar-refractivity contribution in [3.8, 4) is 0 Å². The summed E-state index contributed by atoms with van der Waals surface area (Å²) < 4.78 is 0. The molecule has 2 heterocycles. The van der Waals surface area contributed by atoms with Gasteiger partial charge in [-0.05, 0) is 52.0 Å². The van der Waals surface area contributed by atoms with Crippen LogP contribution in [0.25, 0.3) is 0 Å². The third kappa shape index (κ3) is 5.87. The van der Waals surface area contributed by atoms with Crippen molar-refractivity contribution in [2.75, 3.05) is 32.7 Å². The van der Waals surface area contributed by atoms with Crippen LogP contribution in [0.15, 0.2) is 4.99 Å². The molecule has 0 aromatic heterocycles. The molecule has 22 heavy (non-hydrogen) atoms. The summed E-state index contributed by atoms with van der Waals surface area (Å²) in [5.74, 6) is 1.57. The van der Waals surface area contributed by atoms with Gasteiger partial charge in [-0.15, -0.1) is 24.0 Å². The topological polar surface area (TPSA) is 44.9 Å². The van der Waals surface area contributed by atoms with Crippen molar-refractivity contribution in [3.05, 3.63) is 0 Å². The first-order valence-electron chi connectivity index (χ1n) is 8.79. The van der Waals surface area contributed by atoms with Crippen molar-refractivity contribution in [2.45, 2.75) is 64.8 Å². The van der Waals surface area contributed by atoms with Crippen LogP contribution in [-0.2, 0) is 0 Å². The summed E-state index contributed by atoms with van der Waals surface area (Å²) in [6.45, 7) is 12.4. The van der Waals surface area contributed by atoms with Gasteiger partial charge in [-0.2, -0.15) is 0 Å². The molecular formula is C17H35IN4. The van der Waals surface area contributed by atoms with E-state index in [4.69, 9.17) is 10.7 Å². The third-order valence-corrected chi connectivity index (χ3v) is 5.07. The van der Waals surface area contributed by atoms with E-state index in [1.807, 2.05) is 0 Å². The summed E-state index contributed by atoms with van der Waals surface area (Å²) in [4.78, 5) is 9.62. The molecule has 2 aliphatic heterocycles. The minimum absolute atomic E-state index is 0. The van der Waals surface area contributed by atoms with Crippen molar-refractivity contribution in [1.29, 1.82) is 0 Å². The van der Waals surface area contributed by atoms with Crippen LogP contribution in [0.2, 0.25) is 0 Å². The molecule has 0 bridgehead atoms. The normalized spacial score (nSPS) is 25.5. The lowest BCUT2D eigenvalue weighted by Gasteiger charge is -2.42. The molecule has 2 fully saturated rings. The minimum Gasteiger partial charge on any atom is -0.370 e. The Morgan fingerprint density at radius 1 is 1.09 bits per heavy atom. The Morgan fingerprint density at radius 2 is 1.73 bits per heavy atom. The van der Waals surface area contributed by atoms with E-state index < -0.39 is 0 Å². The van der Waals surface area contributed by atoms with E-state index in [1.165, 1.54) is 51.6 Å². The van der Waals surface area contributed by atoms with Crippen molar-refractivity contribution < 1.29 is 0 Å². The number of hydrogen-bond acceptors (Lipinski definition) is 2. The van der Waals surface area contributed by atoms with Gasteiger partial charge >= 0.3 is 0 Å². The molecule has 2 N–H and O–H groups in total. The summed E-state index contributed by atoms with van der Waals surface area (Å²) in [6.07, 6.45) is 7.86. The molecule has 0 saturated carbocycles. The maximum Gasteiger partial charge on any atom is 0.191 e. The van der Waals surface area contributed by atoms with E-state index in [0.717, 1.165) is 31.5 Å². The Balaban J connectivity index is 0.00000242. The van der Waals surface area contributed by atoms with Crippen LogP contribution < -0.4 is 5.73 Å². The highest BCUT2D eigenvalue weighted by Gasteiger charge is 2.30. The molecule has 0 spiro atoms. The Bertz CT molecular complexity index is 349. The van der Waals surface area contributed by atoms with Crippen molar-refractivity contribution >= 4 is 29.9 Å². The van der Waals surface area contributed by atoms with Crippen molar-refractivity contribution in [2.24, 2.45) is 16.6 Å². The van der Waals surface area contributed by atoms with Gasteiger partial charge in [-0.25, -0.2) is 0 Å². The largest absolute Gasteiger partial charge is 0.370 e. The third-order valence-electron chi connectivity index (χ3n) is 5.07. The fraction of sp³-hybridized carbons (Fsp3) is 0.941. The number of nitrogens with zero attached hydrogens (tertiary/aromatic N) is 3. The number of aliphatic imine (C=N–C) groups is 1. The Labute approximate surface area is 153 Å². The Morgan fingerprint density at radius 3 is 2.32 bits per heavy atom. The van der Waals surface area contributed by atoms with Gasteiger partial charge in [0.1, 0.15) is 0 Å². The molecule has 2 aliphatic rings. The number of nitrogens with two attached hydrogens (primary N) is 1. The summed E-state index contributed by atoms with van der Waals surface area (Å²) >= 11 is 0. The molecule has 1 atom stereocenters. The van der Waals surface area contributed by atoms with E-state index in [9.17, 15) is 0 Å². The number of hydrogen-bond donors (Lipinski definition) is 1. The number of rotatable bonds is 3. The SMILES string of the molecule is CC1CCCN(C(C)(C)CN=C(N)N2CCCCCC2)C1.I. The van der Waals surface area contributed by atoms with Crippen LogP contribution in [0.4, 0.5) is 0 Å². The zero-order chi connectivity index (χ0) is 15.3. The van der Waals surface area contributed by atoms with Crippen LogP contribution in [0.1, 0.15) is 59.3 Å². The lowest BCUT2D eigenvalue weighted by Crippen LogP contribution is -2.51. The summed E-state index contributed by atoms with van der Waals surface area (Å²) in [6, 6.07) is 0. The molecular weight excluding hydrogens is 387 g/mol. The minimum atomic E-state index is 0. The predicted molar refractivity (Wildman–Crippen MR) is 106 cm³/mol. The van der Waals surface area contributed by atoms with Gasteiger partial charge in [0.25, 0.3) is 0 Å². The van der Waals surface area contributed by atoms with Crippen molar-refractivity contribution in [1.82, 2.24) is 9.80 Å². The second-order valence-corrected chi connectivity index (χ2v) is 7.58. The quantitative estimate of drug-likeness (QED) is 0.431. The van der Waals surface area contributed by atoms with Gasteiger partial charge < -0.3 is 10.6 Å². The molecule has 130 valence electrons. The predicted octanol–water partition coefficient (Wildman–Crippen LogP) is 3.31. The van der Waals surface area contributed by atoms with E-state index in [-0.39, 0.29) is 29.5 Å². The molecule has 0 aliphatic carbocycles. The summed E-state index contributed by atoms with van der Waals surface area (Å²) in [5.41, 5.74) is 6.36. The fourth-order valence-corrected chi connectivity index (χ4v) is 3.51. The smallest absolute Gasteiger partial charge is 0.191 e. The number of piperidine rings is 1. The van der Waals surface area contributed by atoms with E-state index in [0.29, 0.717) is 0 Å². The maximum atomic E-state index is 6.24. The maximum absolute atomic E-state index is 6.24. The highest BCUT2D eigenvalue weighted by molar-refractivity contribution is 14.0. The lowest BCUT2D eigenvalue weighted by atomic mass is 9.94. The molecule has 0 aromatic carbocycles. The molecule has 1 unspecified atom stereocenters. The van der Waals surface area contributed by atoms with E-state index in [2.05, 4.69) is 30.6 Å². The van der Waals surface area contributed by atoms with Gasteiger partial charge in [0.2, 0.25) is 0 Å². The first-order valence-corrected chi connectivity index (χ1v) is 8.79.